The van der Waals surface area contributed by atoms with Crippen molar-refractivity contribution in [2.24, 2.45) is 11.8 Å². The fourth-order valence-electron chi connectivity index (χ4n) is 5.01. The Morgan fingerprint density at radius 1 is 0.897 bits per heavy atom. The number of hydrogen-bond donors (Lipinski definition) is 0. The molecule has 3 aliphatic heterocycles. The molecule has 5 rings (SSSR count). The lowest BCUT2D eigenvalue weighted by Crippen LogP contribution is -2.38. The highest BCUT2D eigenvalue weighted by molar-refractivity contribution is 6.02. The number of likely N-dealkylation sites (tertiary alicyclic amines) is 1. The van der Waals surface area contributed by atoms with Crippen molar-refractivity contribution >= 4 is 29.1 Å². The number of nitrogens with zero attached hydrogens (tertiary/aromatic N) is 3. The Morgan fingerprint density at radius 2 is 1.66 bits per heavy atom. The molecule has 3 fully saturated rings. The fourth-order valence-corrected chi connectivity index (χ4v) is 5.01. The lowest BCUT2D eigenvalue weighted by Gasteiger charge is -2.24. The van der Waals surface area contributed by atoms with Gasteiger partial charge in [0.1, 0.15) is 0 Å². The van der Waals surface area contributed by atoms with Gasteiger partial charge in [-0.3, -0.25) is 14.4 Å². The van der Waals surface area contributed by atoms with Crippen molar-refractivity contribution in [2.45, 2.75) is 51.4 Å². The van der Waals surface area contributed by atoms with E-state index < -0.39 is 0 Å². The maximum Gasteiger partial charge on any atom is 0.230 e. The Hall–Kier alpha value is -2.37. The second kappa shape index (κ2) is 7.47. The predicted octanol–water partition coefficient (Wildman–Crippen LogP) is 2.74. The first-order valence-electron chi connectivity index (χ1n) is 11.2. The normalized spacial score (nSPS) is 24.6. The van der Waals surface area contributed by atoms with Crippen LogP contribution in [0.25, 0.3) is 0 Å². The van der Waals surface area contributed by atoms with Gasteiger partial charge in [0, 0.05) is 49.9 Å². The van der Waals surface area contributed by atoms with Crippen LogP contribution in [-0.2, 0) is 20.8 Å². The summed E-state index contributed by atoms with van der Waals surface area (Å²) < 4.78 is 0. The molecule has 0 aromatic heterocycles. The molecule has 1 aromatic carbocycles. The monoisotopic (exact) mass is 395 g/mol. The third-order valence-corrected chi connectivity index (χ3v) is 6.85. The number of amides is 3. The molecule has 1 aromatic rings. The molecule has 6 heteroatoms. The number of benzene rings is 1. The minimum absolute atomic E-state index is 0.0297. The molecule has 4 aliphatic rings. The molecule has 6 nitrogen and oxygen atoms in total. The molecule has 3 amide bonds. The number of hydrogen-bond acceptors (Lipinski definition) is 3. The topological polar surface area (TPSA) is 60.9 Å². The maximum atomic E-state index is 13.0. The average molecular weight is 396 g/mol. The first-order chi connectivity index (χ1) is 14.1. The summed E-state index contributed by atoms with van der Waals surface area (Å²) in [5.74, 6) is 0.400. The van der Waals surface area contributed by atoms with Gasteiger partial charge in [-0.25, -0.2) is 0 Å². The van der Waals surface area contributed by atoms with Crippen LogP contribution in [0.4, 0.5) is 11.4 Å². The predicted molar refractivity (Wildman–Crippen MR) is 111 cm³/mol. The van der Waals surface area contributed by atoms with E-state index in [2.05, 4.69) is 0 Å². The van der Waals surface area contributed by atoms with Gasteiger partial charge in [-0.1, -0.05) is 12.8 Å². The van der Waals surface area contributed by atoms with Gasteiger partial charge in [0.25, 0.3) is 0 Å². The second-order valence-corrected chi connectivity index (χ2v) is 8.97. The van der Waals surface area contributed by atoms with Crippen LogP contribution >= 0.6 is 0 Å². The quantitative estimate of drug-likeness (QED) is 0.791. The Kier molecular flexibility index (Phi) is 4.80. The summed E-state index contributed by atoms with van der Waals surface area (Å²) in [6.45, 7) is 2.86. The van der Waals surface area contributed by atoms with E-state index in [-0.39, 0.29) is 29.6 Å². The third-order valence-electron chi connectivity index (χ3n) is 6.85. The second-order valence-electron chi connectivity index (χ2n) is 8.97. The van der Waals surface area contributed by atoms with Crippen LogP contribution < -0.4 is 9.80 Å². The lowest BCUT2D eigenvalue weighted by atomic mass is 10.1. The molecular weight excluding hydrogens is 366 g/mol. The van der Waals surface area contributed by atoms with E-state index in [0.717, 1.165) is 68.7 Å². The Balaban J connectivity index is 1.29. The van der Waals surface area contributed by atoms with Gasteiger partial charge in [0.15, 0.2) is 0 Å². The summed E-state index contributed by atoms with van der Waals surface area (Å²) in [6, 6.07) is 5.97. The molecular formula is C23H29N3O3. The molecule has 1 saturated carbocycles. The SMILES string of the molecule is O=C([C@H]1CC(=O)N(c2ccc3c(c2)CCN3C(=O)C2CC2)C1)N1CCCCCC1. The number of rotatable bonds is 3. The van der Waals surface area contributed by atoms with Crippen LogP contribution in [0.2, 0.25) is 0 Å². The van der Waals surface area contributed by atoms with Gasteiger partial charge in [0.05, 0.1) is 5.92 Å². The van der Waals surface area contributed by atoms with Crippen molar-refractivity contribution in [3.63, 3.8) is 0 Å². The molecule has 1 atom stereocenters. The molecule has 0 radical (unpaired) electrons. The van der Waals surface area contributed by atoms with E-state index in [0.29, 0.717) is 13.0 Å². The number of carbonyl (C=O) groups is 3. The van der Waals surface area contributed by atoms with Crippen LogP contribution in [0.15, 0.2) is 18.2 Å². The number of fused-ring (bicyclic) bond motifs is 1. The standard InChI is InChI=1S/C23H29N3O3/c27-21-14-18(22(28)24-10-3-1-2-4-11-24)15-26(21)19-7-8-20-17(13-19)9-12-25(20)23(29)16-5-6-16/h7-8,13,16,18H,1-6,9-12,14-15H2/t18-/m0/s1. The maximum absolute atomic E-state index is 13.0. The first kappa shape index (κ1) is 18.6. The zero-order valence-corrected chi connectivity index (χ0v) is 16.9. The van der Waals surface area contributed by atoms with Crippen molar-refractivity contribution in [3.8, 4) is 0 Å². The van der Waals surface area contributed by atoms with E-state index in [4.69, 9.17) is 0 Å². The highest BCUT2D eigenvalue weighted by atomic mass is 16.2. The molecule has 0 spiro atoms. The zero-order chi connectivity index (χ0) is 20.0. The minimum Gasteiger partial charge on any atom is -0.342 e. The Bertz CT molecular complexity index is 840. The van der Waals surface area contributed by atoms with E-state index in [1.54, 1.807) is 4.90 Å². The number of carbonyl (C=O) groups excluding carboxylic acids is 3. The zero-order valence-electron chi connectivity index (χ0n) is 16.9. The highest BCUT2D eigenvalue weighted by Crippen LogP contribution is 2.38. The van der Waals surface area contributed by atoms with Crippen LogP contribution in [-0.4, -0.2) is 48.8 Å². The van der Waals surface area contributed by atoms with Crippen molar-refractivity contribution in [3.05, 3.63) is 23.8 Å². The summed E-state index contributed by atoms with van der Waals surface area (Å²) in [7, 11) is 0. The fraction of sp³-hybridized carbons (Fsp3) is 0.609. The Labute approximate surface area is 171 Å². The van der Waals surface area contributed by atoms with Crippen molar-refractivity contribution in [1.82, 2.24) is 4.90 Å². The van der Waals surface area contributed by atoms with Crippen LogP contribution in [0, 0.1) is 11.8 Å². The van der Waals surface area contributed by atoms with Crippen LogP contribution in [0.1, 0.15) is 50.5 Å². The van der Waals surface area contributed by atoms with Gasteiger partial charge >= 0.3 is 0 Å². The molecule has 2 saturated heterocycles. The molecule has 0 N–H and O–H groups in total. The van der Waals surface area contributed by atoms with Gasteiger partial charge in [-0.05, 0) is 55.9 Å². The van der Waals surface area contributed by atoms with E-state index in [1.165, 1.54) is 12.8 Å². The molecule has 1 aliphatic carbocycles. The summed E-state index contributed by atoms with van der Waals surface area (Å²) in [5, 5.41) is 0. The molecule has 29 heavy (non-hydrogen) atoms. The molecule has 154 valence electrons. The lowest BCUT2D eigenvalue weighted by molar-refractivity contribution is -0.135. The van der Waals surface area contributed by atoms with Gasteiger partial charge < -0.3 is 14.7 Å². The molecule has 3 heterocycles. The van der Waals surface area contributed by atoms with E-state index in [9.17, 15) is 14.4 Å². The third kappa shape index (κ3) is 3.53. The van der Waals surface area contributed by atoms with Crippen LogP contribution in [0.3, 0.4) is 0 Å². The first-order valence-corrected chi connectivity index (χ1v) is 11.2. The van der Waals surface area contributed by atoms with Gasteiger partial charge in [-0.15, -0.1) is 0 Å². The molecule has 0 unspecified atom stereocenters. The molecule has 0 bridgehead atoms. The average Bonchev–Trinajstić information content (AvgIpc) is 3.46. The van der Waals surface area contributed by atoms with Crippen molar-refractivity contribution in [1.29, 1.82) is 0 Å². The van der Waals surface area contributed by atoms with Crippen molar-refractivity contribution in [2.75, 3.05) is 36.0 Å². The van der Waals surface area contributed by atoms with Crippen LogP contribution in [0.5, 0.6) is 0 Å². The van der Waals surface area contributed by atoms with Gasteiger partial charge in [0.2, 0.25) is 17.7 Å². The van der Waals surface area contributed by atoms with Crippen molar-refractivity contribution < 1.29 is 14.4 Å². The largest absolute Gasteiger partial charge is 0.342 e. The summed E-state index contributed by atoms with van der Waals surface area (Å²) >= 11 is 0. The summed E-state index contributed by atoms with van der Waals surface area (Å²) in [5.41, 5.74) is 2.99. The van der Waals surface area contributed by atoms with E-state index >= 15 is 0 Å². The number of anilines is 2. The van der Waals surface area contributed by atoms with Gasteiger partial charge in [-0.2, -0.15) is 0 Å². The minimum atomic E-state index is -0.234. The summed E-state index contributed by atoms with van der Waals surface area (Å²) in [6.07, 6.45) is 7.67. The van der Waals surface area contributed by atoms with E-state index in [1.807, 2.05) is 28.0 Å². The smallest absolute Gasteiger partial charge is 0.230 e. The summed E-state index contributed by atoms with van der Waals surface area (Å²) in [4.78, 5) is 43.8. The Morgan fingerprint density at radius 3 is 2.38 bits per heavy atom. The highest BCUT2D eigenvalue weighted by Gasteiger charge is 2.39.